The zero-order valence-electron chi connectivity index (χ0n) is 7.42. The molecule has 0 spiro atoms. The summed E-state index contributed by atoms with van der Waals surface area (Å²) in [7, 11) is 0. The number of amides is 1. The maximum absolute atomic E-state index is 11.1. The molecule has 2 aliphatic rings. The van der Waals surface area contributed by atoms with E-state index in [2.05, 4.69) is 5.32 Å². The summed E-state index contributed by atoms with van der Waals surface area (Å²) in [6, 6.07) is 0.516. The van der Waals surface area contributed by atoms with Gasteiger partial charge in [0.25, 0.3) is 0 Å². The van der Waals surface area contributed by atoms with Crippen molar-refractivity contribution in [1.29, 1.82) is 0 Å². The summed E-state index contributed by atoms with van der Waals surface area (Å²) in [6.45, 7) is 1.87. The molecular weight excluding hydrogens is 150 g/mol. The predicted octanol–water partition coefficient (Wildman–Crippen LogP) is 1.48. The van der Waals surface area contributed by atoms with Gasteiger partial charge in [-0.15, -0.1) is 0 Å². The van der Waals surface area contributed by atoms with E-state index in [-0.39, 0.29) is 5.91 Å². The van der Waals surface area contributed by atoms with Gasteiger partial charge in [0, 0.05) is 6.04 Å². The average molecular weight is 165 g/mol. The quantitative estimate of drug-likeness (QED) is 0.617. The van der Waals surface area contributed by atoms with Crippen LogP contribution >= 0.6 is 0 Å². The molecular formula is C10H15NO. The summed E-state index contributed by atoms with van der Waals surface area (Å²) in [5, 5.41) is 3.03. The first-order chi connectivity index (χ1) is 5.83. The molecule has 2 aliphatic carbocycles. The first-order valence-electron chi connectivity index (χ1n) is 4.76. The van der Waals surface area contributed by atoms with Crippen LogP contribution in [0.5, 0.6) is 0 Å². The number of carbonyl (C=O) groups is 1. The van der Waals surface area contributed by atoms with Gasteiger partial charge >= 0.3 is 0 Å². The van der Waals surface area contributed by atoms with Gasteiger partial charge in [-0.2, -0.15) is 0 Å². The van der Waals surface area contributed by atoms with E-state index in [4.69, 9.17) is 0 Å². The Balaban J connectivity index is 1.79. The van der Waals surface area contributed by atoms with Crippen LogP contribution in [0, 0.1) is 11.8 Å². The topological polar surface area (TPSA) is 29.1 Å². The molecule has 2 nitrogen and oxygen atoms in total. The van der Waals surface area contributed by atoms with E-state index in [0.717, 1.165) is 11.8 Å². The van der Waals surface area contributed by atoms with Crippen LogP contribution in [-0.2, 0) is 4.79 Å². The summed E-state index contributed by atoms with van der Waals surface area (Å²) in [5.74, 6) is 1.72. The van der Waals surface area contributed by atoms with Crippen molar-refractivity contribution in [3.8, 4) is 0 Å². The number of carbonyl (C=O) groups excluding carboxylic acids is 1. The number of hydrogen-bond donors (Lipinski definition) is 1. The van der Waals surface area contributed by atoms with Crippen LogP contribution in [0.1, 0.15) is 26.2 Å². The molecule has 0 radical (unpaired) electrons. The Kier molecular flexibility index (Phi) is 1.91. The third kappa shape index (κ3) is 1.26. The molecule has 2 rings (SSSR count). The Morgan fingerprint density at radius 1 is 1.42 bits per heavy atom. The first-order valence-corrected chi connectivity index (χ1v) is 4.76. The van der Waals surface area contributed by atoms with Gasteiger partial charge in [-0.25, -0.2) is 0 Å². The van der Waals surface area contributed by atoms with Crippen molar-refractivity contribution in [2.75, 3.05) is 0 Å². The molecule has 12 heavy (non-hydrogen) atoms. The van der Waals surface area contributed by atoms with E-state index in [1.54, 1.807) is 12.2 Å². The van der Waals surface area contributed by atoms with Crippen LogP contribution in [0.2, 0.25) is 0 Å². The molecule has 1 N–H and O–H groups in total. The van der Waals surface area contributed by atoms with Crippen molar-refractivity contribution in [2.45, 2.75) is 32.2 Å². The number of hydrogen-bond acceptors (Lipinski definition) is 1. The molecule has 1 amide bonds. The van der Waals surface area contributed by atoms with Gasteiger partial charge < -0.3 is 5.32 Å². The Bertz CT molecular complexity index is 212. The summed E-state index contributed by atoms with van der Waals surface area (Å²) in [5.41, 5.74) is 0. The fourth-order valence-corrected chi connectivity index (χ4v) is 2.40. The monoisotopic (exact) mass is 165 g/mol. The van der Waals surface area contributed by atoms with E-state index >= 15 is 0 Å². The highest BCUT2D eigenvalue weighted by molar-refractivity contribution is 5.87. The highest BCUT2D eigenvalue weighted by Crippen LogP contribution is 2.51. The third-order valence-corrected chi connectivity index (χ3v) is 3.03. The molecule has 0 heterocycles. The Labute approximate surface area is 73.0 Å². The van der Waals surface area contributed by atoms with Gasteiger partial charge in [0.1, 0.15) is 0 Å². The van der Waals surface area contributed by atoms with Gasteiger partial charge in [-0.3, -0.25) is 4.79 Å². The zero-order chi connectivity index (χ0) is 8.55. The molecule has 3 atom stereocenters. The second-order valence-corrected chi connectivity index (χ2v) is 3.79. The lowest BCUT2D eigenvalue weighted by Crippen LogP contribution is -2.26. The molecule has 2 fully saturated rings. The van der Waals surface area contributed by atoms with Crippen molar-refractivity contribution in [1.82, 2.24) is 5.32 Å². The lowest BCUT2D eigenvalue weighted by molar-refractivity contribution is -0.116. The standard InChI is InChI=1S/C10H15NO/c1-2-4-9(12)11-10-7-5-3-6-8(7)10/h2,4,7-8,10H,3,5-6H2,1H3,(H,11,12)/b4-2+/t7-,8+,10?. The molecule has 0 aromatic heterocycles. The number of rotatable bonds is 2. The third-order valence-electron chi connectivity index (χ3n) is 3.03. The van der Waals surface area contributed by atoms with Crippen LogP contribution in [0.4, 0.5) is 0 Å². The Hall–Kier alpha value is -0.790. The summed E-state index contributed by atoms with van der Waals surface area (Å²) >= 11 is 0. The fourth-order valence-electron chi connectivity index (χ4n) is 2.40. The summed E-state index contributed by atoms with van der Waals surface area (Å²) < 4.78 is 0. The largest absolute Gasteiger partial charge is 0.349 e. The van der Waals surface area contributed by atoms with Crippen molar-refractivity contribution in [2.24, 2.45) is 11.8 Å². The molecule has 1 unspecified atom stereocenters. The SMILES string of the molecule is C/C=C/C(=O)NC1[C@H]2CCC[C@@H]12. The number of nitrogens with one attached hydrogen (secondary N) is 1. The molecule has 2 heteroatoms. The van der Waals surface area contributed by atoms with Gasteiger partial charge in [0.05, 0.1) is 0 Å². The zero-order valence-corrected chi connectivity index (χ0v) is 7.42. The fraction of sp³-hybridized carbons (Fsp3) is 0.700. The van der Waals surface area contributed by atoms with Gasteiger partial charge in [0.2, 0.25) is 5.91 Å². The average Bonchev–Trinajstić information content (AvgIpc) is 2.51. The Morgan fingerprint density at radius 3 is 2.67 bits per heavy atom. The van der Waals surface area contributed by atoms with E-state index in [9.17, 15) is 4.79 Å². The van der Waals surface area contributed by atoms with Crippen molar-refractivity contribution in [3.05, 3.63) is 12.2 Å². The lowest BCUT2D eigenvalue weighted by atomic mass is 10.2. The summed E-state index contributed by atoms with van der Waals surface area (Å²) in [6.07, 6.45) is 7.41. The van der Waals surface area contributed by atoms with E-state index in [1.807, 2.05) is 6.92 Å². The number of allylic oxidation sites excluding steroid dienone is 1. The molecule has 0 saturated heterocycles. The maximum Gasteiger partial charge on any atom is 0.243 e. The minimum Gasteiger partial charge on any atom is -0.349 e. The molecule has 0 bridgehead atoms. The smallest absolute Gasteiger partial charge is 0.243 e. The van der Waals surface area contributed by atoms with Crippen LogP contribution < -0.4 is 5.32 Å². The van der Waals surface area contributed by atoms with E-state index in [0.29, 0.717) is 6.04 Å². The molecule has 0 aliphatic heterocycles. The minimum absolute atomic E-state index is 0.0805. The predicted molar refractivity (Wildman–Crippen MR) is 47.6 cm³/mol. The van der Waals surface area contributed by atoms with Crippen molar-refractivity contribution < 1.29 is 4.79 Å². The van der Waals surface area contributed by atoms with Crippen LogP contribution in [0.25, 0.3) is 0 Å². The highest BCUT2D eigenvalue weighted by Gasteiger charge is 2.52. The molecule has 0 aromatic rings. The van der Waals surface area contributed by atoms with Crippen LogP contribution in [0.15, 0.2) is 12.2 Å². The summed E-state index contributed by atoms with van der Waals surface area (Å²) in [4.78, 5) is 11.1. The van der Waals surface area contributed by atoms with E-state index in [1.165, 1.54) is 19.3 Å². The maximum atomic E-state index is 11.1. The Morgan fingerprint density at radius 2 is 2.08 bits per heavy atom. The normalized spacial score (nSPS) is 38.2. The lowest BCUT2D eigenvalue weighted by Gasteiger charge is -2.02. The highest BCUT2D eigenvalue weighted by atomic mass is 16.1. The van der Waals surface area contributed by atoms with E-state index < -0.39 is 0 Å². The molecule has 2 saturated carbocycles. The minimum atomic E-state index is 0.0805. The van der Waals surface area contributed by atoms with Crippen molar-refractivity contribution in [3.63, 3.8) is 0 Å². The van der Waals surface area contributed by atoms with Crippen molar-refractivity contribution >= 4 is 5.91 Å². The van der Waals surface area contributed by atoms with Gasteiger partial charge in [0.15, 0.2) is 0 Å². The first kappa shape index (κ1) is 7.84. The van der Waals surface area contributed by atoms with Gasteiger partial charge in [-0.1, -0.05) is 12.5 Å². The second kappa shape index (κ2) is 2.92. The van der Waals surface area contributed by atoms with Crippen LogP contribution in [-0.4, -0.2) is 11.9 Å². The number of fused-ring (bicyclic) bond motifs is 1. The van der Waals surface area contributed by atoms with Gasteiger partial charge in [-0.05, 0) is 37.7 Å². The molecule has 66 valence electrons. The van der Waals surface area contributed by atoms with Crippen LogP contribution in [0.3, 0.4) is 0 Å². The second-order valence-electron chi connectivity index (χ2n) is 3.79. The molecule has 0 aromatic carbocycles.